The maximum atomic E-state index is 4.73. The summed E-state index contributed by atoms with van der Waals surface area (Å²) in [6.07, 6.45) is 3.53. The molecular weight excluding hydrogens is 304 g/mol. The van der Waals surface area contributed by atoms with Crippen molar-refractivity contribution >= 4 is 27.4 Å². The molecule has 112 valence electrons. The van der Waals surface area contributed by atoms with Crippen LogP contribution in [-0.2, 0) is 0 Å². The summed E-state index contributed by atoms with van der Waals surface area (Å²) < 4.78 is 0. The lowest BCUT2D eigenvalue weighted by atomic mass is 10.1. The number of nitrogens with one attached hydrogen (secondary N) is 1. The first kappa shape index (κ1) is 13.8. The van der Waals surface area contributed by atoms with E-state index in [4.69, 9.17) is 9.97 Å². The summed E-state index contributed by atoms with van der Waals surface area (Å²) >= 11 is 1.64. The molecule has 4 nitrogen and oxygen atoms in total. The Balaban J connectivity index is 1.94. The first-order valence-corrected chi connectivity index (χ1v) is 8.17. The number of fused-ring (bicyclic) bond motifs is 1. The number of hydrogen-bond donors (Lipinski definition) is 1. The third-order valence-corrected chi connectivity index (χ3v) is 4.55. The zero-order valence-corrected chi connectivity index (χ0v) is 13.3. The Morgan fingerprint density at radius 1 is 0.957 bits per heavy atom. The third kappa shape index (κ3) is 2.45. The molecule has 0 bridgehead atoms. The van der Waals surface area contributed by atoms with Gasteiger partial charge in [0.25, 0.3) is 0 Å². The lowest BCUT2D eigenvalue weighted by molar-refractivity contribution is 1.20. The highest BCUT2D eigenvalue weighted by molar-refractivity contribution is 7.17. The van der Waals surface area contributed by atoms with E-state index in [1.165, 1.54) is 5.56 Å². The highest BCUT2D eigenvalue weighted by Crippen LogP contribution is 2.37. The standard InChI is InChI=1S/C18H14N4S/c1-19-17-15-14(12-6-3-2-4-7-12)11-23-18(15)22-16(21-17)13-8-5-9-20-10-13/h2-11H,1H3,(H,19,21,22). The van der Waals surface area contributed by atoms with Crippen molar-refractivity contribution in [2.45, 2.75) is 0 Å². The van der Waals surface area contributed by atoms with E-state index in [0.717, 1.165) is 27.2 Å². The average molecular weight is 318 g/mol. The number of pyridine rings is 1. The fraction of sp³-hybridized carbons (Fsp3) is 0.0556. The summed E-state index contributed by atoms with van der Waals surface area (Å²) in [6.45, 7) is 0. The molecule has 0 aliphatic heterocycles. The summed E-state index contributed by atoms with van der Waals surface area (Å²) in [4.78, 5) is 14.5. The highest BCUT2D eigenvalue weighted by Gasteiger charge is 2.15. The fourth-order valence-corrected chi connectivity index (χ4v) is 3.52. The third-order valence-electron chi connectivity index (χ3n) is 3.67. The fourth-order valence-electron chi connectivity index (χ4n) is 2.58. The van der Waals surface area contributed by atoms with Gasteiger partial charge in [-0.3, -0.25) is 4.98 Å². The van der Waals surface area contributed by atoms with Gasteiger partial charge in [-0.25, -0.2) is 9.97 Å². The Morgan fingerprint density at radius 2 is 1.78 bits per heavy atom. The minimum absolute atomic E-state index is 0.691. The number of anilines is 1. The molecule has 1 N–H and O–H groups in total. The van der Waals surface area contributed by atoms with Crippen molar-refractivity contribution in [1.29, 1.82) is 0 Å². The number of aromatic nitrogens is 3. The molecule has 0 amide bonds. The van der Waals surface area contributed by atoms with Crippen molar-refractivity contribution in [3.05, 3.63) is 60.2 Å². The number of rotatable bonds is 3. The van der Waals surface area contributed by atoms with E-state index in [2.05, 4.69) is 27.8 Å². The largest absolute Gasteiger partial charge is 0.372 e. The zero-order valence-electron chi connectivity index (χ0n) is 12.5. The second kappa shape index (κ2) is 5.78. The van der Waals surface area contributed by atoms with Crippen LogP contribution < -0.4 is 5.32 Å². The Labute approximate surface area is 137 Å². The maximum absolute atomic E-state index is 4.73. The number of thiophene rings is 1. The Bertz CT molecular complexity index is 949. The van der Waals surface area contributed by atoms with Gasteiger partial charge in [-0.05, 0) is 17.7 Å². The predicted octanol–water partition coefficient (Wildman–Crippen LogP) is 4.46. The predicted molar refractivity (Wildman–Crippen MR) is 95.6 cm³/mol. The monoisotopic (exact) mass is 318 g/mol. The summed E-state index contributed by atoms with van der Waals surface area (Å²) in [6, 6.07) is 14.2. The zero-order chi connectivity index (χ0) is 15.6. The second-order valence-corrected chi connectivity index (χ2v) is 5.94. The van der Waals surface area contributed by atoms with Crippen LogP contribution in [0.2, 0.25) is 0 Å². The molecule has 0 spiro atoms. The SMILES string of the molecule is CNc1nc(-c2cccnc2)nc2scc(-c3ccccc3)c12. The van der Waals surface area contributed by atoms with Crippen LogP contribution in [0, 0.1) is 0 Å². The van der Waals surface area contributed by atoms with Crippen molar-refractivity contribution in [2.75, 3.05) is 12.4 Å². The van der Waals surface area contributed by atoms with E-state index in [1.807, 2.05) is 37.4 Å². The molecule has 0 unspecified atom stereocenters. The molecule has 0 atom stereocenters. The van der Waals surface area contributed by atoms with Gasteiger partial charge in [0.05, 0.1) is 5.39 Å². The van der Waals surface area contributed by atoms with Crippen molar-refractivity contribution in [1.82, 2.24) is 15.0 Å². The van der Waals surface area contributed by atoms with Gasteiger partial charge in [-0.2, -0.15) is 0 Å². The highest BCUT2D eigenvalue weighted by atomic mass is 32.1. The van der Waals surface area contributed by atoms with Crippen LogP contribution in [0.4, 0.5) is 5.82 Å². The van der Waals surface area contributed by atoms with E-state index in [9.17, 15) is 0 Å². The van der Waals surface area contributed by atoms with Crippen molar-refractivity contribution < 1.29 is 0 Å². The van der Waals surface area contributed by atoms with Crippen LogP contribution in [0.3, 0.4) is 0 Å². The smallest absolute Gasteiger partial charge is 0.164 e. The summed E-state index contributed by atoms with van der Waals surface area (Å²) in [5, 5.41) is 6.42. The van der Waals surface area contributed by atoms with E-state index >= 15 is 0 Å². The van der Waals surface area contributed by atoms with Gasteiger partial charge in [-0.1, -0.05) is 30.3 Å². The van der Waals surface area contributed by atoms with E-state index in [-0.39, 0.29) is 0 Å². The molecule has 3 aromatic heterocycles. The summed E-state index contributed by atoms with van der Waals surface area (Å²) in [7, 11) is 1.89. The quantitative estimate of drug-likeness (QED) is 0.606. The van der Waals surface area contributed by atoms with Gasteiger partial charge < -0.3 is 5.32 Å². The van der Waals surface area contributed by atoms with Gasteiger partial charge in [-0.15, -0.1) is 11.3 Å². The molecule has 0 aliphatic carbocycles. The number of hydrogen-bond acceptors (Lipinski definition) is 5. The van der Waals surface area contributed by atoms with Crippen LogP contribution in [0.1, 0.15) is 0 Å². The second-order valence-electron chi connectivity index (χ2n) is 5.08. The maximum Gasteiger partial charge on any atom is 0.164 e. The van der Waals surface area contributed by atoms with E-state index < -0.39 is 0 Å². The molecule has 1 aromatic carbocycles. The minimum atomic E-state index is 0.691. The molecule has 0 saturated heterocycles. The molecule has 3 heterocycles. The first-order chi connectivity index (χ1) is 11.4. The Kier molecular flexibility index (Phi) is 3.48. The van der Waals surface area contributed by atoms with E-state index in [0.29, 0.717) is 5.82 Å². The van der Waals surface area contributed by atoms with Crippen LogP contribution in [0.5, 0.6) is 0 Å². The minimum Gasteiger partial charge on any atom is -0.372 e. The average Bonchev–Trinajstić information content (AvgIpc) is 3.06. The van der Waals surface area contributed by atoms with Gasteiger partial charge in [0.15, 0.2) is 5.82 Å². The normalized spacial score (nSPS) is 10.8. The van der Waals surface area contributed by atoms with Gasteiger partial charge in [0.1, 0.15) is 10.6 Å². The summed E-state index contributed by atoms with van der Waals surface area (Å²) in [5.41, 5.74) is 3.25. The summed E-state index contributed by atoms with van der Waals surface area (Å²) in [5.74, 6) is 1.53. The molecule has 5 heteroatoms. The van der Waals surface area contributed by atoms with Crippen molar-refractivity contribution in [2.24, 2.45) is 0 Å². The Morgan fingerprint density at radius 3 is 2.52 bits per heavy atom. The van der Waals surface area contributed by atoms with Crippen LogP contribution in [0.15, 0.2) is 60.2 Å². The molecule has 0 radical (unpaired) electrons. The molecule has 0 saturated carbocycles. The van der Waals surface area contributed by atoms with Crippen molar-refractivity contribution in [3.8, 4) is 22.5 Å². The first-order valence-electron chi connectivity index (χ1n) is 7.29. The molecular formula is C18H14N4S. The van der Waals surface area contributed by atoms with Gasteiger partial charge in [0.2, 0.25) is 0 Å². The molecule has 4 aromatic rings. The lowest BCUT2D eigenvalue weighted by Crippen LogP contribution is -1.98. The van der Waals surface area contributed by atoms with Crippen LogP contribution in [-0.4, -0.2) is 22.0 Å². The van der Waals surface area contributed by atoms with E-state index in [1.54, 1.807) is 23.7 Å². The number of nitrogens with zero attached hydrogens (tertiary/aromatic N) is 3. The molecule has 0 fully saturated rings. The lowest BCUT2D eigenvalue weighted by Gasteiger charge is -2.07. The molecule has 4 rings (SSSR count). The van der Waals surface area contributed by atoms with Crippen LogP contribution >= 0.6 is 11.3 Å². The van der Waals surface area contributed by atoms with Crippen LogP contribution in [0.25, 0.3) is 32.7 Å². The molecule has 0 aliphatic rings. The van der Waals surface area contributed by atoms with Crippen molar-refractivity contribution in [3.63, 3.8) is 0 Å². The molecule has 23 heavy (non-hydrogen) atoms. The topological polar surface area (TPSA) is 50.7 Å². The van der Waals surface area contributed by atoms with Gasteiger partial charge >= 0.3 is 0 Å². The Hall–Kier alpha value is -2.79. The number of benzene rings is 1. The van der Waals surface area contributed by atoms with Gasteiger partial charge in [0, 0.05) is 35.9 Å².